The second kappa shape index (κ2) is 6.68. The summed E-state index contributed by atoms with van der Waals surface area (Å²) in [7, 11) is 0. The SMILES string of the molecule is Cc1ccc(CCC(=O)N2CCOCC2CO)cc1. The summed E-state index contributed by atoms with van der Waals surface area (Å²) in [6.07, 6.45) is 1.23. The molecule has 1 amide bonds. The monoisotopic (exact) mass is 263 g/mol. The van der Waals surface area contributed by atoms with E-state index in [0.29, 0.717) is 26.2 Å². The Morgan fingerprint density at radius 2 is 2.16 bits per heavy atom. The van der Waals surface area contributed by atoms with Crippen LogP contribution in [0, 0.1) is 6.92 Å². The number of aryl methyl sites for hydroxylation is 2. The number of nitrogens with zero attached hydrogens (tertiary/aromatic N) is 1. The van der Waals surface area contributed by atoms with Crippen molar-refractivity contribution in [2.45, 2.75) is 25.8 Å². The van der Waals surface area contributed by atoms with E-state index in [-0.39, 0.29) is 18.6 Å². The fourth-order valence-electron chi connectivity index (χ4n) is 2.28. The second-order valence-electron chi connectivity index (χ2n) is 4.98. The lowest BCUT2D eigenvalue weighted by atomic mass is 10.1. The van der Waals surface area contributed by atoms with Crippen molar-refractivity contribution in [2.75, 3.05) is 26.4 Å². The first-order valence-electron chi connectivity index (χ1n) is 6.74. The average molecular weight is 263 g/mol. The quantitative estimate of drug-likeness (QED) is 0.886. The zero-order valence-corrected chi connectivity index (χ0v) is 11.3. The molecule has 1 aromatic rings. The van der Waals surface area contributed by atoms with Crippen LogP contribution in [0.5, 0.6) is 0 Å². The predicted octanol–water partition coefficient (Wildman–Crippen LogP) is 1.15. The van der Waals surface area contributed by atoms with Gasteiger partial charge in [0.25, 0.3) is 0 Å². The van der Waals surface area contributed by atoms with E-state index >= 15 is 0 Å². The number of hydrogen-bond donors (Lipinski definition) is 1. The summed E-state index contributed by atoms with van der Waals surface area (Å²) >= 11 is 0. The molecule has 0 saturated carbocycles. The van der Waals surface area contributed by atoms with Gasteiger partial charge in [-0.1, -0.05) is 29.8 Å². The summed E-state index contributed by atoms with van der Waals surface area (Å²) in [6.45, 7) is 3.60. The predicted molar refractivity (Wildman–Crippen MR) is 72.9 cm³/mol. The highest BCUT2D eigenvalue weighted by Gasteiger charge is 2.26. The fraction of sp³-hybridized carbons (Fsp3) is 0.533. The Kier molecular flexibility index (Phi) is 4.93. The zero-order chi connectivity index (χ0) is 13.7. The van der Waals surface area contributed by atoms with Gasteiger partial charge in [0.05, 0.1) is 25.9 Å². The van der Waals surface area contributed by atoms with Crippen LogP contribution in [0.2, 0.25) is 0 Å². The molecule has 1 saturated heterocycles. The summed E-state index contributed by atoms with van der Waals surface area (Å²) < 4.78 is 5.28. The van der Waals surface area contributed by atoms with E-state index in [1.54, 1.807) is 4.90 Å². The van der Waals surface area contributed by atoms with E-state index in [2.05, 4.69) is 31.2 Å². The Morgan fingerprint density at radius 1 is 1.42 bits per heavy atom. The first-order valence-corrected chi connectivity index (χ1v) is 6.74. The Morgan fingerprint density at radius 3 is 2.84 bits per heavy atom. The van der Waals surface area contributed by atoms with Gasteiger partial charge in [-0.25, -0.2) is 0 Å². The number of carbonyl (C=O) groups is 1. The molecule has 1 atom stereocenters. The first kappa shape index (κ1) is 14.0. The lowest BCUT2D eigenvalue weighted by Crippen LogP contribution is -2.50. The molecule has 4 nitrogen and oxygen atoms in total. The molecule has 0 radical (unpaired) electrons. The summed E-state index contributed by atoms with van der Waals surface area (Å²) in [6, 6.07) is 8.06. The number of hydrogen-bond acceptors (Lipinski definition) is 3. The molecule has 1 aliphatic rings. The molecule has 1 N–H and O–H groups in total. The van der Waals surface area contributed by atoms with E-state index in [0.717, 1.165) is 6.42 Å². The van der Waals surface area contributed by atoms with Crippen molar-refractivity contribution >= 4 is 5.91 Å². The van der Waals surface area contributed by atoms with Gasteiger partial charge in [0.2, 0.25) is 5.91 Å². The van der Waals surface area contributed by atoms with Gasteiger partial charge < -0.3 is 14.7 Å². The van der Waals surface area contributed by atoms with E-state index in [1.165, 1.54) is 11.1 Å². The molecular formula is C15H21NO3. The summed E-state index contributed by atoms with van der Waals surface area (Å²) in [4.78, 5) is 13.9. The molecule has 104 valence electrons. The zero-order valence-electron chi connectivity index (χ0n) is 11.3. The molecule has 2 rings (SSSR count). The Balaban J connectivity index is 1.87. The molecule has 4 heteroatoms. The molecule has 0 bridgehead atoms. The van der Waals surface area contributed by atoms with Gasteiger partial charge in [-0.2, -0.15) is 0 Å². The van der Waals surface area contributed by atoms with E-state index in [1.807, 2.05) is 0 Å². The van der Waals surface area contributed by atoms with Gasteiger partial charge in [0, 0.05) is 13.0 Å². The molecule has 0 aliphatic carbocycles. The number of morpholine rings is 1. The van der Waals surface area contributed by atoms with Crippen molar-refractivity contribution in [3.05, 3.63) is 35.4 Å². The number of ether oxygens (including phenoxy) is 1. The normalized spacial score (nSPS) is 19.5. The molecular weight excluding hydrogens is 242 g/mol. The highest BCUT2D eigenvalue weighted by atomic mass is 16.5. The smallest absolute Gasteiger partial charge is 0.223 e. The van der Waals surface area contributed by atoms with Crippen molar-refractivity contribution in [3.63, 3.8) is 0 Å². The third-order valence-corrected chi connectivity index (χ3v) is 3.51. The maximum absolute atomic E-state index is 12.2. The lowest BCUT2D eigenvalue weighted by molar-refractivity contribution is -0.141. The molecule has 1 fully saturated rings. The van der Waals surface area contributed by atoms with Crippen LogP contribution in [0.1, 0.15) is 17.5 Å². The van der Waals surface area contributed by atoms with Gasteiger partial charge in [-0.3, -0.25) is 4.79 Å². The molecule has 1 aliphatic heterocycles. The molecule has 1 heterocycles. The summed E-state index contributed by atoms with van der Waals surface area (Å²) in [5.41, 5.74) is 2.40. The van der Waals surface area contributed by atoms with Crippen molar-refractivity contribution in [2.24, 2.45) is 0 Å². The standard InChI is InChI=1S/C15H21NO3/c1-12-2-4-13(5-3-12)6-7-15(18)16-8-9-19-11-14(16)10-17/h2-5,14,17H,6-11H2,1H3. The van der Waals surface area contributed by atoms with Crippen molar-refractivity contribution in [3.8, 4) is 0 Å². The van der Waals surface area contributed by atoms with Crippen LogP contribution in [-0.4, -0.2) is 48.3 Å². The molecule has 19 heavy (non-hydrogen) atoms. The average Bonchev–Trinajstić information content (AvgIpc) is 2.46. The highest BCUT2D eigenvalue weighted by Crippen LogP contribution is 2.11. The lowest BCUT2D eigenvalue weighted by Gasteiger charge is -2.34. The highest BCUT2D eigenvalue weighted by molar-refractivity contribution is 5.77. The van der Waals surface area contributed by atoms with Gasteiger partial charge >= 0.3 is 0 Å². The van der Waals surface area contributed by atoms with Crippen LogP contribution in [0.3, 0.4) is 0 Å². The number of rotatable bonds is 4. The van der Waals surface area contributed by atoms with Crippen LogP contribution in [0.15, 0.2) is 24.3 Å². The van der Waals surface area contributed by atoms with E-state index in [4.69, 9.17) is 4.74 Å². The minimum absolute atomic E-state index is 0.0315. The maximum Gasteiger partial charge on any atom is 0.223 e. The van der Waals surface area contributed by atoms with Gasteiger partial charge in [-0.05, 0) is 18.9 Å². The van der Waals surface area contributed by atoms with Crippen molar-refractivity contribution in [1.82, 2.24) is 4.90 Å². The maximum atomic E-state index is 12.2. The fourth-order valence-corrected chi connectivity index (χ4v) is 2.28. The number of aliphatic hydroxyl groups excluding tert-OH is 1. The molecule has 1 aromatic carbocycles. The van der Waals surface area contributed by atoms with Crippen LogP contribution in [0.25, 0.3) is 0 Å². The largest absolute Gasteiger partial charge is 0.394 e. The summed E-state index contributed by atoms with van der Waals surface area (Å²) in [5.74, 6) is 0.0999. The van der Waals surface area contributed by atoms with Crippen LogP contribution < -0.4 is 0 Å². The van der Waals surface area contributed by atoms with Crippen LogP contribution in [0.4, 0.5) is 0 Å². The first-order chi connectivity index (χ1) is 9.20. The molecule has 1 unspecified atom stereocenters. The molecule has 0 spiro atoms. The number of benzene rings is 1. The Bertz CT molecular complexity index is 416. The number of carbonyl (C=O) groups excluding carboxylic acids is 1. The molecule has 0 aromatic heterocycles. The van der Waals surface area contributed by atoms with Gasteiger partial charge in [0.15, 0.2) is 0 Å². The third-order valence-electron chi connectivity index (χ3n) is 3.51. The van der Waals surface area contributed by atoms with E-state index in [9.17, 15) is 9.90 Å². The van der Waals surface area contributed by atoms with Gasteiger partial charge in [0.1, 0.15) is 0 Å². The topological polar surface area (TPSA) is 49.8 Å². The minimum Gasteiger partial charge on any atom is -0.394 e. The van der Waals surface area contributed by atoms with Crippen LogP contribution in [-0.2, 0) is 16.0 Å². The second-order valence-corrected chi connectivity index (χ2v) is 4.98. The van der Waals surface area contributed by atoms with Crippen LogP contribution >= 0.6 is 0 Å². The Hall–Kier alpha value is -1.39. The summed E-state index contributed by atoms with van der Waals surface area (Å²) in [5, 5.41) is 9.25. The minimum atomic E-state index is -0.181. The number of aliphatic hydroxyl groups is 1. The van der Waals surface area contributed by atoms with Crippen molar-refractivity contribution in [1.29, 1.82) is 0 Å². The van der Waals surface area contributed by atoms with E-state index < -0.39 is 0 Å². The van der Waals surface area contributed by atoms with Crippen molar-refractivity contribution < 1.29 is 14.6 Å². The Labute approximate surface area is 114 Å². The number of amides is 1. The third kappa shape index (κ3) is 3.78. The van der Waals surface area contributed by atoms with Gasteiger partial charge in [-0.15, -0.1) is 0 Å².